The first-order valence-corrected chi connectivity index (χ1v) is 5.90. The smallest absolute Gasteiger partial charge is 0.0400 e. The highest BCUT2D eigenvalue weighted by Crippen LogP contribution is 2.38. The maximum Gasteiger partial charge on any atom is 0.0400 e. The maximum absolute atomic E-state index is 3.63. The quantitative estimate of drug-likeness (QED) is 0.749. The highest BCUT2D eigenvalue weighted by Gasteiger charge is 2.33. The number of fused-ring (bicyclic) bond motifs is 1. The van der Waals surface area contributed by atoms with Crippen LogP contribution in [0.5, 0.6) is 0 Å². The molecule has 0 aromatic heterocycles. The van der Waals surface area contributed by atoms with Gasteiger partial charge in [0.25, 0.3) is 0 Å². The highest BCUT2D eigenvalue weighted by molar-refractivity contribution is 5.60. The van der Waals surface area contributed by atoms with Crippen molar-refractivity contribution < 1.29 is 0 Å². The number of nitrogens with one attached hydrogen (secondary N) is 1. The van der Waals surface area contributed by atoms with E-state index in [0.717, 1.165) is 0 Å². The van der Waals surface area contributed by atoms with Gasteiger partial charge in [0.1, 0.15) is 0 Å². The van der Waals surface area contributed by atoms with Crippen molar-refractivity contribution in [2.45, 2.75) is 24.8 Å². The van der Waals surface area contributed by atoms with E-state index in [1.54, 1.807) is 5.56 Å². The summed E-state index contributed by atoms with van der Waals surface area (Å²) in [4.78, 5) is 2.39. The number of hydrogen-bond acceptors (Lipinski definition) is 2. The third kappa shape index (κ3) is 1.44. The van der Waals surface area contributed by atoms with Crippen molar-refractivity contribution in [1.29, 1.82) is 0 Å². The Morgan fingerprint density at radius 3 is 3.00 bits per heavy atom. The van der Waals surface area contributed by atoms with Crippen molar-refractivity contribution in [3.8, 4) is 0 Å². The van der Waals surface area contributed by atoms with Crippen LogP contribution in [0.15, 0.2) is 24.3 Å². The van der Waals surface area contributed by atoms with Crippen LogP contribution in [0.1, 0.15) is 24.3 Å². The second-order valence-electron chi connectivity index (χ2n) is 4.75. The summed E-state index contributed by atoms with van der Waals surface area (Å²) in [6.07, 6.45) is 2.68. The average molecular weight is 202 g/mol. The van der Waals surface area contributed by atoms with E-state index in [0.29, 0.717) is 12.0 Å². The molecule has 0 aliphatic carbocycles. The van der Waals surface area contributed by atoms with Crippen LogP contribution in [-0.4, -0.2) is 26.2 Å². The van der Waals surface area contributed by atoms with Crippen LogP contribution >= 0.6 is 0 Å². The Morgan fingerprint density at radius 1 is 1.33 bits per heavy atom. The molecule has 0 radical (unpaired) electrons. The number of rotatable bonds is 1. The van der Waals surface area contributed by atoms with E-state index in [2.05, 4.69) is 41.5 Å². The van der Waals surface area contributed by atoms with Crippen LogP contribution in [0.2, 0.25) is 0 Å². The van der Waals surface area contributed by atoms with Gasteiger partial charge in [-0.25, -0.2) is 0 Å². The molecule has 2 atom stereocenters. The lowest BCUT2D eigenvalue weighted by molar-refractivity contribution is 0.506. The van der Waals surface area contributed by atoms with Gasteiger partial charge in [0.15, 0.2) is 0 Å². The number of anilines is 1. The fourth-order valence-corrected chi connectivity index (χ4v) is 3.04. The molecule has 2 aliphatic heterocycles. The summed E-state index contributed by atoms with van der Waals surface area (Å²) in [6, 6.07) is 9.55. The van der Waals surface area contributed by atoms with Crippen LogP contribution in [0.25, 0.3) is 0 Å². The second kappa shape index (κ2) is 3.53. The Hall–Kier alpha value is -1.02. The molecule has 0 spiro atoms. The summed E-state index contributed by atoms with van der Waals surface area (Å²) in [5.41, 5.74) is 2.97. The van der Waals surface area contributed by atoms with E-state index in [4.69, 9.17) is 0 Å². The van der Waals surface area contributed by atoms with E-state index in [-0.39, 0.29) is 0 Å². The van der Waals surface area contributed by atoms with Gasteiger partial charge in [-0.1, -0.05) is 18.2 Å². The van der Waals surface area contributed by atoms with Gasteiger partial charge in [-0.3, -0.25) is 0 Å². The number of nitrogens with zero attached hydrogens (tertiary/aromatic N) is 1. The predicted octanol–water partition coefficient (Wildman–Crippen LogP) is 1.97. The molecule has 0 bridgehead atoms. The summed E-state index contributed by atoms with van der Waals surface area (Å²) < 4.78 is 0. The zero-order valence-electron chi connectivity index (χ0n) is 9.24. The van der Waals surface area contributed by atoms with Gasteiger partial charge >= 0.3 is 0 Å². The van der Waals surface area contributed by atoms with Gasteiger partial charge in [-0.15, -0.1) is 0 Å². The fourth-order valence-electron chi connectivity index (χ4n) is 3.04. The minimum Gasteiger partial charge on any atom is -0.374 e. The third-order valence-corrected chi connectivity index (χ3v) is 3.80. The maximum atomic E-state index is 3.63. The Bertz CT molecular complexity index is 355. The highest BCUT2D eigenvalue weighted by atomic mass is 15.1. The SMILES string of the molecule is CN1CC(C2CCCN2)c2ccccc21. The Labute approximate surface area is 91.3 Å². The summed E-state index contributed by atoms with van der Waals surface area (Å²) in [6.45, 7) is 2.38. The Balaban J connectivity index is 1.93. The molecule has 1 fully saturated rings. The summed E-state index contributed by atoms with van der Waals surface area (Å²) in [7, 11) is 2.20. The first kappa shape index (κ1) is 9.22. The van der Waals surface area contributed by atoms with Crippen LogP contribution in [0.3, 0.4) is 0 Å². The molecule has 15 heavy (non-hydrogen) atoms. The van der Waals surface area contributed by atoms with Crippen LogP contribution in [0.4, 0.5) is 5.69 Å². The predicted molar refractivity (Wildman–Crippen MR) is 63.5 cm³/mol. The van der Waals surface area contributed by atoms with E-state index >= 15 is 0 Å². The van der Waals surface area contributed by atoms with Crippen LogP contribution < -0.4 is 10.2 Å². The second-order valence-corrected chi connectivity index (χ2v) is 4.75. The standard InChI is InChI=1S/C13H18N2/c1-15-9-11(12-6-4-8-14-12)10-5-2-3-7-13(10)15/h2-3,5,7,11-12,14H,4,6,8-9H2,1H3. The zero-order valence-corrected chi connectivity index (χ0v) is 9.24. The summed E-state index contributed by atoms with van der Waals surface area (Å²) in [5, 5.41) is 3.63. The first-order valence-electron chi connectivity index (χ1n) is 5.90. The molecule has 2 heterocycles. The average Bonchev–Trinajstić information content (AvgIpc) is 2.87. The zero-order chi connectivity index (χ0) is 10.3. The van der Waals surface area contributed by atoms with Gasteiger partial charge in [-0.2, -0.15) is 0 Å². The van der Waals surface area contributed by atoms with E-state index in [1.807, 2.05) is 0 Å². The Kier molecular flexibility index (Phi) is 2.17. The fraction of sp³-hybridized carbons (Fsp3) is 0.538. The lowest BCUT2D eigenvalue weighted by atomic mass is 9.92. The van der Waals surface area contributed by atoms with E-state index in [9.17, 15) is 0 Å². The molecule has 1 saturated heterocycles. The largest absolute Gasteiger partial charge is 0.374 e. The van der Waals surface area contributed by atoms with Gasteiger partial charge in [0, 0.05) is 31.2 Å². The minimum absolute atomic E-state index is 0.702. The van der Waals surface area contributed by atoms with E-state index < -0.39 is 0 Å². The molecule has 2 heteroatoms. The molecule has 2 unspecified atom stereocenters. The molecule has 1 aromatic carbocycles. The Morgan fingerprint density at radius 2 is 2.20 bits per heavy atom. The third-order valence-electron chi connectivity index (χ3n) is 3.80. The van der Waals surface area contributed by atoms with E-state index in [1.165, 1.54) is 31.6 Å². The van der Waals surface area contributed by atoms with Crippen LogP contribution in [0, 0.1) is 0 Å². The molecule has 80 valence electrons. The molecular formula is C13H18N2. The molecule has 0 saturated carbocycles. The molecular weight excluding hydrogens is 184 g/mol. The van der Waals surface area contributed by atoms with Gasteiger partial charge < -0.3 is 10.2 Å². The van der Waals surface area contributed by atoms with Gasteiger partial charge in [0.05, 0.1) is 0 Å². The van der Waals surface area contributed by atoms with Crippen molar-refractivity contribution in [3.05, 3.63) is 29.8 Å². The van der Waals surface area contributed by atoms with Crippen molar-refractivity contribution in [3.63, 3.8) is 0 Å². The lowest BCUT2D eigenvalue weighted by Gasteiger charge is -2.19. The number of para-hydroxylation sites is 1. The summed E-state index contributed by atoms with van der Waals surface area (Å²) >= 11 is 0. The minimum atomic E-state index is 0.702. The van der Waals surface area contributed by atoms with Gasteiger partial charge in [0.2, 0.25) is 0 Å². The molecule has 1 aromatic rings. The lowest BCUT2D eigenvalue weighted by Crippen LogP contribution is -2.31. The van der Waals surface area contributed by atoms with Crippen molar-refractivity contribution in [2.24, 2.45) is 0 Å². The molecule has 0 amide bonds. The van der Waals surface area contributed by atoms with Crippen LogP contribution in [-0.2, 0) is 0 Å². The van der Waals surface area contributed by atoms with Crippen molar-refractivity contribution >= 4 is 5.69 Å². The number of likely N-dealkylation sites (N-methyl/N-ethyl adjacent to an activating group) is 1. The molecule has 2 aliphatic rings. The van der Waals surface area contributed by atoms with Crippen molar-refractivity contribution in [1.82, 2.24) is 5.32 Å². The molecule has 2 nitrogen and oxygen atoms in total. The monoisotopic (exact) mass is 202 g/mol. The topological polar surface area (TPSA) is 15.3 Å². The molecule has 1 N–H and O–H groups in total. The number of benzene rings is 1. The summed E-state index contributed by atoms with van der Waals surface area (Å²) in [5.74, 6) is 0.702. The number of hydrogen-bond donors (Lipinski definition) is 1. The van der Waals surface area contributed by atoms with Gasteiger partial charge in [-0.05, 0) is 31.0 Å². The first-order chi connectivity index (χ1) is 7.36. The normalized spacial score (nSPS) is 29.5. The van der Waals surface area contributed by atoms with Crippen molar-refractivity contribution in [2.75, 3.05) is 25.0 Å². The molecule has 3 rings (SSSR count).